The van der Waals surface area contributed by atoms with Crippen LogP contribution < -0.4 is 15.5 Å². The summed E-state index contributed by atoms with van der Waals surface area (Å²) < 4.78 is 5.75. The quantitative estimate of drug-likeness (QED) is 0.575. The minimum atomic E-state index is -0.482. The lowest BCUT2D eigenvalue weighted by Crippen LogP contribution is -2.24. The Morgan fingerprint density at radius 2 is 2.05 bits per heavy atom. The molecule has 0 radical (unpaired) electrons. The Hall–Kier alpha value is -2.54. The molecule has 114 valence electrons. The van der Waals surface area contributed by atoms with Gasteiger partial charge in [0.05, 0.1) is 13.3 Å². The molecule has 0 unspecified atom stereocenters. The lowest BCUT2D eigenvalue weighted by molar-refractivity contribution is 0.252. The summed E-state index contributed by atoms with van der Waals surface area (Å²) in [6, 6.07) is 11.8. The number of carbonyl (C=O) groups excluding carboxylic acids is 1. The van der Waals surface area contributed by atoms with Gasteiger partial charge in [-0.3, -0.25) is 0 Å². The van der Waals surface area contributed by atoms with Gasteiger partial charge in [-0.2, -0.15) is 5.10 Å². The number of anilines is 1. The number of benzene rings is 2. The number of carbonyl (C=O) groups is 1. The predicted molar refractivity (Wildman–Crippen MR) is 88.5 cm³/mol. The number of ether oxygens (including phenoxy) is 1. The summed E-state index contributed by atoms with van der Waals surface area (Å²) in [5.41, 5.74) is 3.38. The number of urea groups is 1. The summed E-state index contributed by atoms with van der Waals surface area (Å²) in [5.74, 6) is 0.254. The molecule has 2 aromatic rings. The van der Waals surface area contributed by atoms with Crippen molar-refractivity contribution in [1.29, 1.82) is 0 Å². The van der Waals surface area contributed by atoms with E-state index in [9.17, 15) is 9.90 Å². The Kier molecular flexibility index (Phi) is 5.37. The van der Waals surface area contributed by atoms with Crippen LogP contribution in [0.2, 0.25) is 0 Å². The highest BCUT2D eigenvalue weighted by Crippen LogP contribution is 2.32. The number of nitrogens with zero attached hydrogens (tertiary/aromatic N) is 1. The SMILES string of the molecule is COc1cc(Br)cc(/C=N/NC(=O)Nc2ccccc2)c1O. The third-order valence-electron chi connectivity index (χ3n) is 2.69. The lowest BCUT2D eigenvalue weighted by atomic mass is 10.2. The van der Waals surface area contributed by atoms with E-state index in [4.69, 9.17) is 4.74 Å². The summed E-state index contributed by atoms with van der Waals surface area (Å²) in [5, 5.41) is 16.4. The molecule has 2 aromatic carbocycles. The Morgan fingerprint density at radius 3 is 2.73 bits per heavy atom. The highest BCUT2D eigenvalue weighted by molar-refractivity contribution is 9.10. The Bertz CT molecular complexity index is 690. The standard InChI is InChI=1S/C15H14BrN3O3/c1-22-13-8-11(16)7-10(14(13)20)9-17-19-15(21)18-12-5-3-2-4-6-12/h2-9,20H,1H3,(H2,18,19,21)/b17-9+. The van der Waals surface area contributed by atoms with E-state index in [-0.39, 0.29) is 5.75 Å². The number of para-hydroxylation sites is 1. The van der Waals surface area contributed by atoms with Gasteiger partial charge in [-0.25, -0.2) is 10.2 Å². The largest absolute Gasteiger partial charge is 0.504 e. The van der Waals surface area contributed by atoms with Crippen LogP contribution in [0.3, 0.4) is 0 Å². The second-order valence-electron chi connectivity index (χ2n) is 4.24. The van der Waals surface area contributed by atoms with Crippen molar-refractivity contribution in [2.24, 2.45) is 5.10 Å². The van der Waals surface area contributed by atoms with Crippen molar-refractivity contribution in [2.75, 3.05) is 12.4 Å². The molecule has 6 nitrogen and oxygen atoms in total. The van der Waals surface area contributed by atoms with Crippen LogP contribution in [-0.4, -0.2) is 24.5 Å². The van der Waals surface area contributed by atoms with E-state index < -0.39 is 6.03 Å². The maximum absolute atomic E-state index is 11.6. The first kappa shape index (κ1) is 15.8. The number of methoxy groups -OCH3 is 1. The first-order chi connectivity index (χ1) is 10.6. The molecule has 2 amide bonds. The molecule has 0 aliphatic carbocycles. The van der Waals surface area contributed by atoms with E-state index in [1.54, 1.807) is 24.3 Å². The van der Waals surface area contributed by atoms with E-state index in [1.807, 2.05) is 18.2 Å². The molecule has 0 heterocycles. The van der Waals surface area contributed by atoms with Crippen LogP contribution >= 0.6 is 15.9 Å². The third-order valence-corrected chi connectivity index (χ3v) is 3.15. The summed E-state index contributed by atoms with van der Waals surface area (Å²) >= 11 is 3.30. The fourth-order valence-electron chi connectivity index (χ4n) is 1.69. The van der Waals surface area contributed by atoms with Crippen LogP contribution in [0, 0.1) is 0 Å². The normalized spacial score (nSPS) is 10.5. The number of hydrazone groups is 1. The van der Waals surface area contributed by atoms with Crippen molar-refractivity contribution in [1.82, 2.24) is 5.43 Å². The molecule has 0 saturated heterocycles. The van der Waals surface area contributed by atoms with Gasteiger partial charge in [0.15, 0.2) is 11.5 Å². The number of amides is 2. The van der Waals surface area contributed by atoms with Crippen molar-refractivity contribution in [2.45, 2.75) is 0 Å². The van der Waals surface area contributed by atoms with Gasteiger partial charge < -0.3 is 15.2 Å². The van der Waals surface area contributed by atoms with Gasteiger partial charge in [-0.1, -0.05) is 34.1 Å². The number of nitrogens with one attached hydrogen (secondary N) is 2. The average molecular weight is 364 g/mol. The van der Waals surface area contributed by atoms with E-state index in [2.05, 4.69) is 31.8 Å². The molecule has 3 N–H and O–H groups in total. The van der Waals surface area contributed by atoms with Gasteiger partial charge in [0.2, 0.25) is 0 Å². The zero-order valence-corrected chi connectivity index (χ0v) is 13.3. The van der Waals surface area contributed by atoms with Gasteiger partial charge in [-0.15, -0.1) is 0 Å². The van der Waals surface area contributed by atoms with E-state index in [0.29, 0.717) is 17.0 Å². The molecular weight excluding hydrogens is 350 g/mol. The first-order valence-corrected chi connectivity index (χ1v) is 7.11. The van der Waals surface area contributed by atoms with E-state index in [1.165, 1.54) is 13.3 Å². The van der Waals surface area contributed by atoms with Crippen molar-refractivity contribution in [3.05, 3.63) is 52.5 Å². The molecule has 0 aliphatic rings. The molecule has 2 rings (SSSR count). The van der Waals surface area contributed by atoms with Crippen LogP contribution in [0.1, 0.15) is 5.56 Å². The molecule has 0 atom stereocenters. The number of aromatic hydroxyl groups is 1. The van der Waals surface area contributed by atoms with Crippen LogP contribution in [0.4, 0.5) is 10.5 Å². The minimum Gasteiger partial charge on any atom is -0.504 e. The molecule has 0 aliphatic heterocycles. The van der Waals surface area contributed by atoms with E-state index in [0.717, 1.165) is 4.47 Å². The number of phenolic OH excluding ortho intramolecular Hbond substituents is 1. The van der Waals surface area contributed by atoms with E-state index >= 15 is 0 Å². The average Bonchev–Trinajstić information content (AvgIpc) is 2.51. The summed E-state index contributed by atoms with van der Waals surface area (Å²) in [6.45, 7) is 0. The van der Waals surface area contributed by atoms with Gasteiger partial charge >= 0.3 is 6.03 Å². The number of hydrogen-bond donors (Lipinski definition) is 3. The maximum Gasteiger partial charge on any atom is 0.339 e. The Morgan fingerprint density at radius 1 is 1.32 bits per heavy atom. The third kappa shape index (κ3) is 4.23. The highest BCUT2D eigenvalue weighted by Gasteiger charge is 2.08. The molecule has 22 heavy (non-hydrogen) atoms. The van der Waals surface area contributed by atoms with Crippen LogP contribution in [0.25, 0.3) is 0 Å². The second kappa shape index (κ2) is 7.46. The molecule has 7 heteroatoms. The fraction of sp³-hybridized carbons (Fsp3) is 0.0667. The Labute approximate surface area is 135 Å². The van der Waals surface area contributed by atoms with Gasteiger partial charge in [0.25, 0.3) is 0 Å². The molecule has 0 bridgehead atoms. The smallest absolute Gasteiger partial charge is 0.339 e. The van der Waals surface area contributed by atoms with Crippen molar-refractivity contribution in [3.63, 3.8) is 0 Å². The molecule has 0 fully saturated rings. The van der Waals surface area contributed by atoms with Crippen molar-refractivity contribution < 1.29 is 14.6 Å². The fourth-order valence-corrected chi connectivity index (χ4v) is 2.14. The van der Waals surface area contributed by atoms with Crippen molar-refractivity contribution >= 4 is 33.9 Å². The van der Waals surface area contributed by atoms with Crippen molar-refractivity contribution in [3.8, 4) is 11.5 Å². The molecule has 0 aromatic heterocycles. The zero-order chi connectivity index (χ0) is 15.9. The number of halogens is 1. The van der Waals surface area contributed by atoms with Gasteiger partial charge in [0.1, 0.15) is 0 Å². The molecular formula is C15H14BrN3O3. The zero-order valence-electron chi connectivity index (χ0n) is 11.7. The minimum absolute atomic E-state index is 0.0558. The summed E-state index contributed by atoms with van der Waals surface area (Å²) in [6.07, 6.45) is 1.33. The second-order valence-corrected chi connectivity index (χ2v) is 5.15. The lowest BCUT2D eigenvalue weighted by Gasteiger charge is -2.07. The summed E-state index contributed by atoms with van der Waals surface area (Å²) in [7, 11) is 1.45. The van der Waals surface area contributed by atoms with Crippen LogP contribution in [0.15, 0.2) is 52.0 Å². The summed E-state index contributed by atoms with van der Waals surface area (Å²) in [4.78, 5) is 11.6. The van der Waals surface area contributed by atoms with Gasteiger partial charge in [-0.05, 0) is 24.3 Å². The topological polar surface area (TPSA) is 83.0 Å². The highest BCUT2D eigenvalue weighted by atomic mass is 79.9. The first-order valence-electron chi connectivity index (χ1n) is 6.31. The number of rotatable bonds is 4. The maximum atomic E-state index is 11.6. The molecule has 0 saturated carbocycles. The molecule has 0 spiro atoms. The Balaban J connectivity index is 2.01. The number of hydrogen-bond acceptors (Lipinski definition) is 4. The monoisotopic (exact) mass is 363 g/mol. The number of phenols is 1. The van der Waals surface area contributed by atoms with Crippen LogP contribution in [0.5, 0.6) is 11.5 Å². The predicted octanol–water partition coefficient (Wildman–Crippen LogP) is 3.32. The van der Waals surface area contributed by atoms with Crippen LogP contribution in [-0.2, 0) is 0 Å². The van der Waals surface area contributed by atoms with Gasteiger partial charge in [0, 0.05) is 15.7 Å².